The van der Waals surface area contributed by atoms with Crippen LogP contribution in [-0.2, 0) is 0 Å². The molecule has 1 aliphatic heterocycles. The molecular weight excluding hydrogens is 288 g/mol. The molecule has 0 spiro atoms. The number of carbonyl (C=O) groups excluding carboxylic acids is 1. The van der Waals surface area contributed by atoms with Crippen molar-refractivity contribution in [1.29, 1.82) is 0 Å². The number of nitrogens with one attached hydrogen (secondary N) is 1. The van der Waals surface area contributed by atoms with Gasteiger partial charge in [-0.25, -0.2) is 4.98 Å². The number of carbonyl (C=O) groups is 1. The molecule has 3 rings (SSSR count). The van der Waals surface area contributed by atoms with Gasteiger partial charge in [-0.05, 0) is 6.92 Å². The van der Waals surface area contributed by atoms with Crippen LogP contribution in [0.4, 0.5) is 5.13 Å². The number of hydrogen-bond acceptors (Lipinski definition) is 5. The topological polar surface area (TPSA) is 69.3 Å². The number of piperazine rings is 1. The number of rotatable bonds is 2. The van der Waals surface area contributed by atoms with E-state index in [1.54, 1.807) is 29.4 Å². The molecule has 2 aromatic heterocycles. The van der Waals surface area contributed by atoms with Crippen LogP contribution in [0.15, 0.2) is 28.6 Å². The molecule has 0 saturated carbocycles. The van der Waals surface area contributed by atoms with Crippen molar-refractivity contribution in [2.75, 3.05) is 31.1 Å². The molecule has 21 heavy (non-hydrogen) atoms. The second-order valence-electron chi connectivity index (χ2n) is 4.99. The molecule has 1 fully saturated rings. The number of amides is 1. The van der Waals surface area contributed by atoms with Crippen LogP contribution < -0.4 is 10.3 Å². The Balaban J connectivity index is 1.69. The fourth-order valence-electron chi connectivity index (χ4n) is 2.38. The molecule has 1 amide bonds. The first-order valence-corrected chi connectivity index (χ1v) is 7.66. The number of aromatic nitrogens is 2. The van der Waals surface area contributed by atoms with E-state index in [-0.39, 0.29) is 16.9 Å². The summed E-state index contributed by atoms with van der Waals surface area (Å²) in [7, 11) is 0. The predicted molar refractivity (Wildman–Crippen MR) is 82.0 cm³/mol. The van der Waals surface area contributed by atoms with Crippen molar-refractivity contribution >= 4 is 22.4 Å². The van der Waals surface area contributed by atoms with Gasteiger partial charge in [-0.15, -0.1) is 11.3 Å². The number of pyridine rings is 1. The van der Waals surface area contributed by atoms with Gasteiger partial charge in [-0.1, -0.05) is 0 Å². The second kappa shape index (κ2) is 5.69. The lowest BCUT2D eigenvalue weighted by molar-refractivity contribution is 0.0745. The summed E-state index contributed by atoms with van der Waals surface area (Å²) in [4.78, 5) is 35.4. The number of H-pyrrole nitrogens is 1. The minimum absolute atomic E-state index is 0.199. The van der Waals surface area contributed by atoms with Crippen LogP contribution in [0, 0.1) is 6.92 Å². The maximum atomic E-state index is 12.4. The summed E-state index contributed by atoms with van der Waals surface area (Å²) >= 11 is 1.60. The first-order valence-electron chi connectivity index (χ1n) is 6.78. The van der Waals surface area contributed by atoms with Gasteiger partial charge >= 0.3 is 0 Å². The Bertz CT molecular complexity index is 687. The van der Waals surface area contributed by atoms with E-state index < -0.39 is 0 Å². The van der Waals surface area contributed by atoms with Gasteiger partial charge in [0, 0.05) is 55.7 Å². The standard InChI is InChI=1S/C14H16N4O2S/c1-10-8-12(19)11(9-16-10)13(20)17-3-5-18(6-4-17)14-15-2-7-21-14/h2,7-9H,3-6H2,1H3,(H,16,19). The molecule has 110 valence electrons. The molecule has 1 N–H and O–H groups in total. The van der Waals surface area contributed by atoms with Crippen molar-refractivity contribution in [3.05, 3.63) is 45.3 Å². The lowest BCUT2D eigenvalue weighted by Crippen LogP contribution is -2.49. The zero-order valence-electron chi connectivity index (χ0n) is 11.7. The Hall–Kier alpha value is -2.15. The Morgan fingerprint density at radius 1 is 1.33 bits per heavy atom. The molecule has 0 unspecified atom stereocenters. The van der Waals surface area contributed by atoms with Gasteiger partial charge < -0.3 is 14.8 Å². The van der Waals surface area contributed by atoms with E-state index in [2.05, 4.69) is 14.9 Å². The average molecular weight is 304 g/mol. The second-order valence-corrected chi connectivity index (χ2v) is 5.86. The normalized spacial score (nSPS) is 15.3. The summed E-state index contributed by atoms with van der Waals surface area (Å²) in [6.07, 6.45) is 3.29. The van der Waals surface area contributed by atoms with Crippen molar-refractivity contribution in [1.82, 2.24) is 14.9 Å². The molecule has 3 heterocycles. The number of hydrogen-bond donors (Lipinski definition) is 1. The molecule has 0 aromatic carbocycles. The molecule has 0 aliphatic carbocycles. The average Bonchev–Trinajstić information content (AvgIpc) is 3.01. The Labute approximate surface area is 126 Å². The monoisotopic (exact) mass is 304 g/mol. The number of anilines is 1. The zero-order chi connectivity index (χ0) is 14.8. The first kappa shape index (κ1) is 13.8. The molecule has 1 aliphatic rings. The Morgan fingerprint density at radius 2 is 2.10 bits per heavy atom. The highest BCUT2D eigenvalue weighted by Gasteiger charge is 2.24. The third-order valence-corrected chi connectivity index (χ3v) is 4.38. The SMILES string of the molecule is Cc1cc(=O)c(C(=O)N2CCN(c3nccs3)CC2)c[nH]1. The summed E-state index contributed by atoms with van der Waals surface area (Å²) in [5.41, 5.74) is 0.743. The van der Waals surface area contributed by atoms with E-state index >= 15 is 0 Å². The van der Waals surface area contributed by atoms with Crippen LogP contribution in [0.1, 0.15) is 16.1 Å². The van der Waals surface area contributed by atoms with Crippen molar-refractivity contribution in [3.8, 4) is 0 Å². The van der Waals surface area contributed by atoms with Crippen molar-refractivity contribution < 1.29 is 4.79 Å². The zero-order valence-corrected chi connectivity index (χ0v) is 12.5. The molecule has 2 aromatic rings. The molecule has 6 nitrogen and oxygen atoms in total. The lowest BCUT2D eigenvalue weighted by atomic mass is 10.2. The van der Waals surface area contributed by atoms with Crippen LogP contribution in [0.5, 0.6) is 0 Å². The van der Waals surface area contributed by atoms with E-state index in [1.807, 2.05) is 5.38 Å². The Morgan fingerprint density at radius 3 is 2.71 bits per heavy atom. The highest BCUT2D eigenvalue weighted by molar-refractivity contribution is 7.13. The summed E-state index contributed by atoms with van der Waals surface area (Å²) in [5.74, 6) is -0.199. The van der Waals surface area contributed by atoms with Gasteiger partial charge in [-0.3, -0.25) is 9.59 Å². The third kappa shape index (κ3) is 2.82. The minimum Gasteiger partial charge on any atom is -0.364 e. The van der Waals surface area contributed by atoms with Crippen molar-refractivity contribution in [2.24, 2.45) is 0 Å². The smallest absolute Gasteiger partial charge is 0.259 e. The number of aryl methyl sites for hydroxylation is 1. The van der Waals surface area contributed by atoms with E-state index in [0.29, 0.717) is 13.1 Å². The highest BCUT2D eigenvalue weighted by Crippen LogP contribution is 2.19. The number of nitrogens with zero attached hydrogens (tertiary/aromatic N) is 3. The summed E-state index contributed by atoms with van der Waals surface area (Å²) in [5, 5.41) is 2.92. The van der Waals surface area contributed by atoms with E-state index in [0.717, 1.165) is 23.9 Å². The molecule has 0 bridgehead atoms. The summed E-state index contributed by atoms with van der Waals surface area (Å²) < 4.78 is 0. The van der Waals surface area contributed by atoms with Gasteiger partial charge in [0.1, 0.15) is 5.56 Å². The van der Waals surface area contributed by atoms with E-state index in [1.165, 1.54) is 12.3 Å². The van der Waals surface area contributed by atoms with E-state index in [4.69, 9.17) is 0 Å². The van der Waals surface area contributed by atoms with Crippen LogP contribution in [-0.4, -0.2) is 47.0 Å². The quantitative estimate of drug-likeness (QED) is 0.902. The van der Waals surface area contributed by atoms with Gasteiger partial charge in [-0.2, -0.15) is 0 Å². The van der Waals surface area contributed by atoms with E-state index in [9.17, 15) is 9.59 Å². The summed E-state index contributed by atoms with van der Waals surface area (Å²) in [6, 6.07) is 1.46. The fraction of sp³-hybridized carbons (Fsp3) is 0.357. The highest BCUT2D eigenvalue weighted by atomic mass is 32.1. The lowest BCUT2D eigenvalue weighted by Gasteiger charge is -2.34. The number of thiazole rings is 1. The molecular formula is C14H16N4O2S. The van der Waals surface area contributed by atoms with Gasteiger partial charge in [0.15, 0.2) is 10.6 Å². The minimum atomic E-state index is -0.224. The first-order chi connectivity index (χ1) is 10.1. The fourth-order valence-corrected chi connectivity index (χ4v) is 3.08. The van der Waals surface area contributed by atoms with Gasteiger partial charge in [0.05, 0.1) is 0 Å². The Kier molecular flexibility index (Phi) is 3.74. The summed E-state index contributed by atoms with van der Waals surface area (Å²) in [6.45, 7) is 4.48. The maximum Gasteiger partial charge on any atom is 0.259 e. The van der Waals surface area contributed by atoms with Crippen LogP contribution >= 0.6 is 11.3 Å². The third-order valence-electron chi connectivity index (χ3n) is 3.54. The van der Waals surface area contributed by atoms with Gasteiger partial charge in [0.25, 0.3) is 5.91 Å². The molecule has 0 atom stereocenters. The maximum absolute atomic E-state index is 12.4. The molecule has 1 saturated heterocycles. The number of aromatic amines is 1. The van der Waals surface area contributed by atoms with Crippen molar-refractivity contribution in [2.45, 2.75) is 6.92 Å². The van der Waals surface area contributed by atoms with Crippen LogP contribution in [0.25, 0.3) is 0 Å². The van der Waals surface area contributed by atoms with Crippen molar-refractivity contribution in [3.63, 3.8) is 0 Å². The van der Waals surface area contributed by atoms with Gasteiger partial charge in [0.2, 0.25) is 0 Å². The largest absolute Gasteiger partial charge is 0.364 e. The van der Waals surface area contributed by atoms with Crippen LogP contribution in [0.2, 0.25) is 0 Å². The van der Waals surface area contributed by atoms with Crippen LogP contribution in [0.3, 0.4) is 0 Å². The molecule has 7 heteroatoms. The predicted octanol–water partition coefficient (Wildman–Crippen LogP) is 1.10. The molecule has 0 radical (unpaired) electrons.